The van der Waals surface area contributed by atoms with Crippen LogP contribution in [-0.4, -0.2) is 12.5 Å². The quantitative estimate of drug-likeness (QED) is 0.844. The minimum atomic E-state index is -0.0534. The van der Waals surface area contributed by atoms with Crippen LogP contribution < -0.4 is 10.6 Å². The highest BCUT2D eigenvalue weighted by Gasteiger charge is 2.11. The predicted octanol–water partition coefficient (Wildman–Crippen LogP) is 4.08. The number of hydrogen-bond donors (Lipinski definition) is 2. The van der Waals surface area contributed by atoms with Crippen LogP contribution in [0.1, 0.15) is 24.3 Å². The van der Waals surface area contributed by atoms with Gasteiger partial charge in [-0.25, -0.2) is 0 Å². The molecule has 1 atom stereocenters. The minimum Gasteiger partial charge on any atom is -0.325 e. The largest absolute Gasteiger partial charge is 0.325 e. The molecule has 0 radical (unpaired) electrons. The second-order valence-electron chi connectivity index (χ2n) is 4.41. The van der Waals surface area contributed by atoms with Crippen LogP contribution in [0, 0.1) is 0 Å². The first-order valence-electron chi connectivity index (χ1n) is 6.51. The lowest BCUT2D eigenvalue weighted by Gasteiger charge is -2.15. The Morgan fingerprint density at radius 3 is 2.65 bits per heavy atom. The number of hydrogen-bond acceptors (Lipinski definition) is 3. The molecular weight excluding hydrogens is 292 g/mol. The Morgan fingerprint density at radius 2 is 2.05 bits per heavy atom. The van der Waals surface area contributed by atoms with E-state index in [0.29, 0.717) is 11.6 Å². The van der Waals surface area contributed by atoms with Crippen molar-refractivity contribution >= 4 is 34.5 Å². The Labute approximate surface area is 128 Å². The van der Waals surface area contributed by atoms with Crippen LogP contribution in [0.4, 0.5) is 5.69 Å². The lowest BCUT2D eigenvalue weighted by molar-refractivity contribution is -0.115. The third-order valence-electron chi connectivity index (χ3n) is 2.93. The van der Waals surface area contributed by atoms with Gasteiger partial charge in [0.2, 0.25) is 5.91 Å². The van der Waals surface area contributed by atoms with Crippen LogP contribution in [0.15, 0.2) is 41.8 Å². The number of rotatable bonds is 6. The molecule has 1 unspecified atom stereocenters. The van der Waals surface area contributed by atoms with Gasteiger partial charge in [0.15, 0.2) is 0 Å². The van der Waals surface area contributed by atoms with E-state index < -0.39 is 0 Å². The first kappa shape index (κ1) is 15.0. The Bertz CT molecular complexity index is 540. The molecule has 1 heterocycles. The molecular formula is C15H17ClN2OS. The fraction of sp³-hybridized carbons (Fsp3) is 0.267. The third-order valence-corrected chi connectivity index (χ3v) is 4.17. The molecule has 0 saturated carbocycles. The van der Waals surface area contributed by atoms with Crippen LogP contribution in [0.25, 0.3) is 0 Å². The van der Waals surface area contributed by atoms with E-state index in [1.165, 1.54) is 4.88 Å². The number of thiophene rings is 1. The van der Waals surface area contributed by atoms with Crippen LogP contribution >= 0.6 is 22.9 Å². The fourth-order valence-electron chi connectivity index (χ4n) is 1.89. The molecule has 0 aliphatic carbocycles. The highest BCUT2D eigenvalue weighted by atomic mass is 35.5. The Hall–Kier alpha value is -1.36. The van der Waals surface area contributed by atoms with Crippen molar-refractivity contribution in [2.45, 2.75) is 19.4 Å². The summed E-state index contributed by atoms with van der Waals surface area (Å²) in [5.74, 6) is -0.0534. The van der Waals surface area contributed by atoms with Crippen molar-refractivity contribution in [3.05, 3.63) is 51.7 Å². The van der Waals surface area contributed by atoms with E-state index >= 15 is 0 Å². The smallest absolute Gasteiger partial charge is 0.238 e. The first-order chi connectivity index (χ1) is 9.69. The Kier molecular flexibility index (Phi) is 5.59. The zero-order valence-corrected chi connectivity index (χ0v) is 12.8. The third kappa shape index (κ3) is 4.34. The molecule has 0 aliphatic rings. The molecule has 5 heteroatoms. The molecule has 3 nitrogen and oxygen atoms in total. The number of halogens is 1. The highest BCUT2D eigenvalue weighted by Crippen LogP contribution is 2.21. The summed E-state index contributed by atoms with van der Waals surface area (Å²) in [5.41, 5.74) is 0.755. The SMILES string of the molecule is CCC(NCC(=O)Nc1ccc(Cl)cc1)c1cccs1. The van der Waals surface area contributed by atoms with Crippen molar-refractivity contribution in [1.82, 2.24) is 5.32 Å². The standard InChI is InChI=1S/C15H17ClN2OS/c1-2-13(14-4-3-9-20-14)17-10-15(19)18-12-7-5-11(16)6-8-12/h3-9,13,17H,2,10H2,1H3,(H,18,19). The van der Waals surface area contributed by atoms with E-state index in [0.717, 1.165) is 12.1 Å². The monoisotopic (exact) mass is 308 g/mol. The van der Waals surface area contributed by atoms with Gasteiger partial charge in [-0.2, -0.15) is 0 Å². The second kappa shape index (κ2) is 7.43. The van der Waals surface area contributed by atoms with E-state index in [-0.39, 0.29) is 11.9 Å². The maximum Gasteiger partial charge on any atom is 0.238 e. The summed E-state index contributed by atoms with van der Waals surface area (Å²) in [6.45, 7) is 2.40. The minimum absolute atomic E-state index is 0.0534. The normalized spacial score (nSPS) is 12.1. The van der Waals surface area contributed by atoms with Crippen molar-refractivity contribution in [1.29, 1.82) is 0 Å². The lowest BCUT2D eigenvalue weighted by Crippen LogP contribution is -2.30. The zero-order valence-electron chi connectivity index (χ0n) is 11.2. The van der Waals surface area contributed by atoms with Crippen molar-refractivity contribution in [3.63, 3.8) is 0 Å². The molecule has 2 aromatic rings. The van der Waals surface area contributed by atoms with Gasteiger partial charge in [-0.3, -0.25) is 4.79 Å². The number of amides is 1. The summed E-state index contributed by atoms with van der Waals surface area (Å²) in [6.07, 6.45) is 0.953. The van der Waals surface area contributed by atoms with Crippen LogP contribution in [0.2, 0.25) is 5.02 Å². The topological polar surface area (TPSA) is 41.1 Å². The zero-order chi connectivity index (χ0) is 14.4. The van der Waals surface area contributed by atoms with Crippen LogP contribution in [-0.2, 0) is 4.79 Å². The van der Waals surface area contributed by atoms with Crippen molar-refractivity contribution in [3.8, 4) is 0 Å². The van der Waals surface area contributed by atoms with Gasteiger partial charge in [-0.05, 0) is 42.1 Å². The lowest BCUT2D eigenvalue weighted by atomic mass is 10.2. The van der Waals surface area contributed by atoms with Gasteiger partial charge in [-0.15, -0.1) is 11.3 Å². The van der Waals surface area contributed by atoms with Gasteiger partial charge >= 0.3 is 0 Å². The molecule has 106 valence electrons. The predicted molar refractivity (Wildman–Crippen MR) is 85.4 cm³/mol. The molecule has 2 rings (SSSR count). The van der Waals surface area contributed by atoms with Gasteiger partial charge in [0, 0.05) is 21.6 Å². The molecule has 1 aromatic carbocycles. The number of anilines is 1. The molecule has 20 heavy (non-hydrogen) atoms. The molecule has 0 fully saturated rings. The van der Waals surface area contributed by atoms with Crippen LogP contribution in [0.5, 0.6) is 0 Å². The Morgan fingerprint density at radius 1 is 1.30 bits per heavy atom. The second-order valence-corrected chi connectivity index (χ2v) is 5.83. The van der Waals surface area contributed by atoms with E-state index in [9.17, 15) is 4.79 Å². The van der Waals surface area contributed by atoms with Gasteiger partial charge in [0.05, 0.1) is 6.54 Å². The first-order valence-corrected chi connectivity index (χ1v) is 7.77. The molecule has 0 saturated heterocycles. The van der Waals surface area contributed by atoms with Crippen molar-refractivity contribution in [2.75, 3.05) is 11.9 Å². The van der Waals surface area contributed by atoms with Gasteiger partial charge in [-0.1, -0.05) is 24.6 Å². The summed E-state index contributed by atoms with van der Waals surface area (Å²) >= 11 is 7.51. The molecule has 0 bridgehead atoms. The highest BCUT2D eigenvalue weighted by molar-refractivity contribution is 7.10. The van der Waals surface area contributed by atoms with Gasteiger partial charge < -0.3 is 10.6 Å². The van der Waals surface area contributed by atoms with Crippen molar-refractivity contribution in [2.24, 2.45) is 0 Å². The van der Waals surface area contributed by atoms with Crippen LogP contribution in [0.3, 0.4) is 0 Å². The molecule has 0 aliphatic heterocycles. The number of carbonyl (C=O) groups is 1. The fourth-order valence-corrected chi connectivity index (χ4v) is 2.90. The van der Waals surface area contributed by atoms with Gasteiger partial charge in [0.25, 0.3) is 0 Å². The summed E-state index contributed by atoms with van der Waals surface area (Å²) in [4.78, 5) is 13.1. The van der Waals surface area contributed by atoms with E-state index in [1.54, 1.807) is 35.6 Å². The molecule has 1 amide bonds. The summed E-state index contributed by atoms with van der Waals surface area (Å²) in [7, 11) is 0. The number of nitrogens with one attached hydrogen (secondary N) is 2. The maximum absolute atomic E-state index is 11.9. The average Bonchev–Trinajstić information content (AvgIpc) is 2.96. The number of benzene rings is 1. The van der Waals surface area contributed by atoms with E-state index in [2.05, 4.69) is 23.6 Å². The maximum atomic E-state index is 11.9. The summed E-state index contributed by atoms with van der Waals surface area (Å²) in [5, 5.41) is 8.82. The molecule has 1 aromatic heterocycles. The average molecular weight is 309 g/mol. The van der Waals surface area contributed by atoms with E-state index in [1.807, 2.05) is 11.4 Å². The molecule has 2 N–H and O–H groups in total. The summed E-state index contributed by atoms with van der Waals surface area (Å²) < 4.78 is 0. The molecule has 0 spiro atoms. The van der Waals surface area contributed by atoms with Gasteiger partial charge in [0.1, 0.15) is 0 Å². The van der Waals surface area contributed by atoms with Crippen molar-refractivity contribution < 1.29 is 4.79 Å². The van der Waals surface area contributed by atoms with E-state index in [4.69, 9.17) is 11.6 Å². The Balaban J connectivity index is 1.84. The summed E-state index contributed by atoms with van der Waals surface area (Å²) in [6, 6.07) is 11.4. The number of carbonyl (C=O) groups excluding carboxylic acids is 1.